The van der Waals surface area contributed by atoms with Gasteiger partial charge in [-0.15, -0.1) is 0 Å². The average Bonchev–Trinajstić information content (AvgIpc) is 3.24. The zero-order valence-corrected chi connectivity index (χ0v) is 19.4. The lowest BCUT2D eigenvalue weighted by Gasteiger charge is -2.40. The van der Waals surface area contributed by atoms with E-state index in [-0.39, 0.29) is 29.5 Å². The van der Waals surface area contributed by atoms with Gasteiger partial charge in [0.25, 0.3) is 11.8 Å². The largest absolute Gasteiger partial charge is 0.497 e. The molecule has 0 radical (unpaired) electrons. The van der Waals surface area contributed by atoms with Gasteiger partial charge in [0.05, 0.1) is 25.2 Å². The maximum absolute atomic E-state index is 12.8. The number of nitrogens with two attached hydrogens (primary N) is 1. The van der Waals surface area contributed by atoms with E-state index in [4.69, 9.17) is 10.5 Å². The molecule has 0 spiro atoms. The Morgan fingerprint density at radius 1 is 1.21 bits per heavy atom. The molecule has 1 aromatic carbocycles. The van der Waals surface area contributed by atoms with Gasteiger partial charge in [0.1, 0.15) is 11.6 Å². The summed E-state index contributed by atoms with van der Waals surface area (Å²) >= 11 is 0. The molecule has 3 aromatic rings. The van der Waals surface area contributed by atoms with E-state index < -0.39 is 5.91 Å². The van der Waals surface area contributed by atoms with Gasteiger partial charge in [-0.25, -0.2) is 9.97 Å². The van der Waals surface area contributed by atoms with Crippen molar-refractivity contribution in [1.82, 2.24) is 25.1 Å². The highest BCUT2D eigenvalue weighted by Gasteiger charge is 2.31. The van der Waals surface area contributed by atoms with Crippen LogP contribution in [0.2, 0.25) is 0 Å². The van der Waals surface area contributed by atoms with Gasteiger partial charge in [-0.3, -0.25) is 14.3 Å². The number of hydrogen-bond acceptors (Lipinski definition) is 8. The van der Waals surface area contributed by atoms with Crippen molar-refractivity contribution in [3.8, 4) is 5.75 Å². The summed E-state index contributed by atoms with van der Waals surface area (Å²) < 4.78 is 6.79. The van der Waals surface area contributed by atoms with Gasteiger partial charge >= 0.3 is 0 Å². The van der Waals surface area contributed by atoms with E-state index in [1.807, 2.05) is 6.92 Å². The molecule has 3 heterocycles. The standard InChI is InChI=1S/C23H28N8O3/c1-14-18(28-23(33)15-6-8-17(34-3)9-7-15)5-4-10-31(14)19-12-25-20(21(24)32)22(29-19)27-16-11-26-30(2)13-16/h6-9,11-14,18H,4-5,10H2,1-3H3,(H2,24,32)(H,27,29)(H,28,33)/t14-,18-/m1/s1. The summed E-state index contributed by atoms with van der Waals surface area (Å²) in [5.74, 6) is 0.724. The molecule has 0 aliphatic carbocycles. The van der Waals surface area contributed by atoms with Crippen LogP contribution in [0.15, 0.2) is 42.9 Å². The van der Waals surface area contributed by atoms with Gasteiger partial charge in [-0.2, -0.15) is 5.10 Å². The van der Waals surface area contributed by atoms with E-state index in [0.29, 0.717) is 22.8 Å². The highest BCUT2D eigenvalue weighted by molar-refractivity contribution is 5.96. The first-order valence-electron chi connectivity index (χ1n) is 11.0. The van der Waals surface area contributed by atoms with Crippen molar-refractivity contribution in [2.24, 2.45) is 12.8 Å². The van der Waals surface area contributed by atoms with Crippen LogP contribution in [0.3, 0.4) is 0 Å². The molecule has 2 aromatic heterocycles. The number of nitrogens with one attached hydrogen (secondary N) is 2. The number of nitrogens with zero attached hydrogens (tertiary/aromatic N) is 5. The number of primary amides is 1. The molecule has 1 aliphatic heterocycles. The molecule has 0 unspecified atom stereocenters. The normalized spacial score (nSPS) is 17.8. The Labute approximate surface area is 197 Å². The second-order valence-corrected chi connectivity index (χ2v) is 8.20. The average molecular weight is 465 g/mol. The number of anilines is 3. The molecule has 11 nitrogen and oxygen atoms in total. The highest BCUT2D eigenvalue weighted by atomic mass is 16.5. The Hall–Kier alpha value is -4.15. The van der Waals surface area contributed by atoms with Crippen LogP contribution in [-0.4, -0.2) is 57.3 Å². The summed E-state index contributed by atoms with van der Waals surface area (Å²) in [5.41, 5.74) is 6.78. The first-order valence-corrected chi connectivity index (χ1v) is 11.0. The van der Waals surface area contributed by atoms with E-state index in [1.165, 1.54) is 0 Å². The number of amides is 2. The van der Waals surface area contributed by atoms with Gasteiger partial charge in [-0.1, -0.05) is 0 Å². The van der Waals surface area contributed by atoms with Crippen molar-refractivity contribution in [2.75, 3.05) is 23.9 Å². The molecule has 11 heteroatoms. The van der Waals surface area contributed by atoms with Crippen molar-refractivity contribution in [2.45, 2.75) is 31.8 Å². The Bertz CT molecular complexity index is 1180. The lowest BCUT2D eigenvalue weighted by molar-refractivity contribution is 0.0923. The fourth-order valence-electron chi connectivity index (χ4n) is 4.06. The molecule has 1 saturated heterocycles. The summed E-state index contributed by atoms with van der Waals surface area (Å²) in [6.45, 7) is 2.78. The summed E-state index contributed by atoms with van der Waals surface area (Å²) in [6.07, 6.45) is 6.62. The number of carbonyl (C=O) groups excluding carboxylic acids is 2. The van der Waals surface area contributed by atoms with E-state index in [1.54, 1.807) is 61.7 Å². The molecule has 4 N–H and O–H groups in total. The molecular weight excluding hydrogens is 436 g/mol. The zero-order valence-electron chi connectivity index (χ0n) is 19.4. The number of carbonyl (C=O) groups is 2. The van der Waals surface area contributed by atoms with Gasteiger partial charge in [0, 0.05) is 37.4 Å². The van der Waals surface area contributed by atoms with Gasteiger partial charge < -0.3 is 26.0 Å². The molecule has 1 fully saturated rings. The van der Waals surface area contributed by atoms with E-state index in [0.717, 1.165) is 19.4 Å². The lowest BCUT2D eigenvalue weighted by Crippen LogP contribution is -2.54. The summed E-state index contributed by atoms with van der Waals surface area (Å²) in [6, 6.07) is 6.87. The molecule has 178 valence electrons. The number of ether oxygens (including phenoxy) is 1. The maximum atomic E-state index is 12.8. The number of piperidine rings is 1. The molecule has 4 rings (SSSR count). The Kier molecular flexibility index (Phi) is 6.62. The third-order valence-corrected chi connectivity index (χ3v) is 5.91. The minimum Gasteiger partial charge on any atom is -0.497 e. The number of hydrogen-bond donors (Lipinski definition) is 3. The van der Waals surface area contributed by atoms with Crippen LogP contribution in [0.5, 0.6) is 5.75 Å². The van der Waals surface area contributed by atoms with Crippen LogP contribution in [0, 0.1) is 0 Å². The fourth-order valence-corrected chi connectivity index (χ4v) is 4.06. The van der Waals surface area contributed by atoms with Crippen molar-refractivity contribution in [1.29, 1.82) is 0 Å². The van der Waals surface area contributed by atoms with Crippen LogP contribution in [0.4, 0.5) is 17.3 Å². The highest BCUT2D eigenvalue weighted by Crippen LogP contribution is 2.26. The van der Waals surface area contributed by atoms with Crippen LogP contribution < -0.4 is 26.0 Å². The molecular formula is C23H28N8O3. The Morgan fingerprint density at radius 3 is 2.62 bits per heavy atom. The summed E-state index contributed by atoms with van der Waals surface area (Å²) in [5, 5.41) is 10.3. The van der Waals surface area contributed by atoms with Gasteiger partial charge in [0.15, 0.2) is 11.5 Å². The third-order valence-electron chi connectivity index (χ3n) is 5.91. The van der Waals surface area contributed by atoms with Crippen molar-refractivity contribution >= 4 is 29.1 Å². The fraction of sp³-hybridized carbons (Fsp3) is 0.348. The number of methoxy groups -OCH3 is 1. The first-order chi connectivity index (χ1) is 16.4. The van der Waals surface area contributed by atoms with Crippen molar-refractivity contribution in [3.63, 3.8) is 0 Å². The summed E-state index contributed by atoms with van der Waals surface area (Å²) in [7, 11) is 3.38. The first kappa shape index (κ1) is 23.0. The topological polar surface area (TPSA) is 140 Å². The predicted octanol–water partition coefficient (Wildman–Crippen LogP) is 1.85. The lowest BCUT2D eigenvalue weighted by atomic mass is 9.97. The van der Waals surface area contributed by atoms with E-state index >= 15 is 0 Å². The van der Waals surface area contributed by atoms with E-state index in [2.05, 4.69) is 30.6 Å². The van der Waals surface area contributed by atoms with Crippen molar-refractivity contribution < 1.29 is 14.3 Å². The van der Waals surface area contributed by atoms with Crippen LogP contribution in [0.1, 0.15) is 40.6 Å². The quantitative estimate of drug-likeness (QED) is 0.481. The second kappa shape index (κ2) is 9.77. The predicted molar refractivity (Wildman–Crippen MR) is 127 cm³/mol. The number of aryl methyl sites for hydroxylation is 1. The summed E-state index contributed by atoms with van der Waals surface area (Å²) in [4.78, 5) is 35.7. The smallest absolute Gasteiger partial charge is 0.271 e. The number of aromatic nitrogens is 4. The van der Waals surface area contributed by atoms with Gasteiger partial charge in [-0.05, 0) is 44.0 Å². The second-order valence-electron chi connectivity index (χ2n) is 8.20. The molecule has 34 heavy (non-hydrogen) atoms. The zero-order chi connectivity index (χ0) is 24.2. The minimum absolute atomic E-state index is 0.0432. The SMILES string of the molecule is COc1ccc(C(=O)N[C@@H]2CCCN(c3cnc(C(N)=O)c(Nc4cnn(C)c4)n3)[C@@H]2C)cc1. The Balaban J connectivity index is 1.53. The molecule has 1 aliphatic rings. The molecule has 0 bridgehead atoms. The van der Waals surface area contributed by atoms with Crippen molar-refractivity contribution in [3.05, 3.63) is 54.1 Å². The van der Waals surface area contributed by atoms with Crippen LogP contribution >= 0.6 is 0 Å². The molecule has 2 amide bonds. The molecule has 2 atom stereocenters. The van der Waals surface area contributed by atoms with Gasteiger partial charge in [0.2, 0.25) is 0 Å². The molecule has 0 saturated carbocycles. The number of benzene rings is 1. The Morgan fingerprint density at radius 2 is 1.97 bits per heavy atom. The van der Waals surface area contributed by atoms with Crippen LogP contribution in [-0.2, 0) is 7.05 Å². The van der Waals surface area contributed by atoms with E-state index in [9.17, 15) is 9.59 Å². The van der Waals surface area contributed by atoms with Crippen LogP contribution in [0.25, 0.3) is 0 Å². The minimum atomic E-state index is -0.679. The monoisotopic (exact) mass is 464 g/mol. The maximum Gasteiger partial charge on any atom is 0.271 e. The third kappa shape index (κ3) is 4.92. The number of rotatable bonds is 7.